The lowest BCUT2D eigenvalue weighted by atomic mass is 9.97. The number of likely N-dealkylation sites (tertiary alicyclic amines) is 1. The summed E-state index contributed by atoms with van der Waals surface area (Å²) in [6.07, 6.45) is 1.89. The molecule has 2 aromatic carbocycles. The minimum Gasteiger partial charge on any atom is -0.395 e. The van der Waals surface area contributed by atoms with E-state index in [0.717, 1.165) is 41.8 Å². The summed E-state index contributed by atoms with van der Waals surface area (Å²) < 4.78 is 0. The van der Waals surface area contributed by atoms with Gasteiger partial charge in [-0.2, -0.15) is 0 Å². The molecule has 1 amide bonds. The van der Waals surface area contributed by atoms with E-state index >= 15 is 0 Å². The Bertz CT molecular complexity index is 899. The highest BCUT2D eigenvalue weighted by Gasteiger charge is 2.25. The first kappa shape index (κ1) is 17.8. The summed E-state index contributed by atoms with van der Waals surface area (Å²) in [6.45, 7) is 2.45. The van der Waals surface area contributed by atoms with Crippen molar-refractivity contribution in [1.29, 1.82) is 0 Å². The lowest BCUT2D eigenvalue weighted by Crippen LogP contribution is -2.41. The molecule has 3 N–H and O–H groups in total. The molecule has 27 heavy (non-hydrogen) atoms. The summed E-state index contributed by atoms with van der Waals surface area (Å²) in [5.41, 5.74) is 4.01. The van der Waals surface area contributed by atoms with Crippen molar-refractivity contribution < 1.29 is 9.90 Å². The number of fused-ring (bicyclic) bond motifs is 1. The predicted molar refractivity (Wildman–Crippen MR) is 109 cm³/mol. The molecule has 0 spiro atoms. The van der Waals surface area contributed by atoms with Gasteiger partial charge >= 0.3 is 0 Å². The zero-order valence-electron chi connectivity index (χ0n) is 15.3. The van der Waals surface area contributed by atoms with Gasteiger partial charge < -0.3 is 20.3 Å². The van der Waals surface area contributed by atoms with Gasteiger partial charge in [-0.3, -0.25) is 4.79 Å². The summed E-state index contributed by atoms with van der Waals surface area (Å²) in [7, 11) is 0. The first-order valence-electron chi connectivity index (χ1n) is 9.55. The topological polar surface area (TPSA) is 68.4 Å². The normalized spacial score (nSPS) is 17.9. The van der Waals surface area contributed by atoms with Crippen LogP contribution < -0.4 is 5.32 Å². The number of hydrogen-bond donors (Lipinski definition) is 3. The van der Waals surface area contributed by atoms with E-state index in [0.29, 0.717) is 13.1 Å². The molecule has 0 saturated carbocycles. The minimum atomic E-state index is -0.0259. The van der Waals surface area contributed by atoms with Gasteiger partial charge in [0.15, 0.2) is 0 Å². The van der Waals surface area contributed by atoms with Crippen molar-refractivity contribution in [2.75, 3.05) is 31.6 Å². The van der Waals surface area contributed by atoms with E-state index in [2.05, 4.69) is 33.4 Å². The third-order valence-corrected chi connectivity index (χ3v) is 5.26. The molecule has 0 bridgehead atoms. The van der Waals surface area contributed by atoms with E-state index in [1.807, 2.05) is 36.4 Å². The fourth-order valence-corrected chi connectivity index (χ4v) is 3.85. The number of carbonyl (C=O) groups is 1. The fraction of sp³-hybridized carbons (Fsp3) is 0.318. The zero-order valence-corrected chi connectivity index (χ0v) is 15.3. The molecule has 0 radical (unpaired) electrons. The van der Waals surface area contributed by atoms with E-state index in [1.54, 1.807) is 0 Å². The molecule has 1 aliphatic heterocycles. The third kappa shape index (κ3) is 4.04. The molecule has 1 fully saturated rings. The number of para-hydroxylation sites is 1. The highest BCUT2D eigenvalue weighted by atomic mass is 16.3. The number of aromatic nitrogens is 1. The van der Waals surface area contributed by atoms with Gasteiger partial charge in [0, 0.05) is 40.9 Å². The van der Waals surface area contributed by atoms with Gasteiger partial charge in [-0.15, -0.1) is 0 Å². The average molecular weight is 363 g/mol. The Labute approximate surface area is 159 Å². The SMILES string of the molecule is O=C(Nc1cccc(-c2cc3ccccc3[nH]2)c1)C1CCCN(CCO)C1. The number of nitrogens with one attached hydrogen (secondary N) is 2. The number of benzene rings is 2. The molecule has 5 nitrogen and oxygen atoms in total. The number of nitrogens with zero attached hydrogens (tertiary/aromatic N) is 1. The minimum absolute atomic E-state index is 0.0259. The summed E-state index contributed by atoms with van der Waals surface area (Å²) in [6, 6.07) is 18.3. The van der Waals surface area contributed by atoms with Gasteiger partial charge in [-0.25, -0.2) is 0 Å². The van der Waals surface area contributed by atoms with E-state index in [9.17, 15) is 4.79 Å². The van der Waals surface area contributed by atoms with Crippen LogP contribution in [0.25, 0.3) is 22.2 Å². The van der Waals surface area contributed by atoms with E-state index in [-0.39, 0.29) is 18.4 Å². The number of amides is 1. The van der Waals surface area contributed by atoms with Crippen molar-refractivity contribution in [1.82, 2.24) is 9.88 Å². The zero-order chi connectivity index (χ0) is 18.6. The summed E-state index contributed by atoms with van der Waals surface area (Å²) >= 11 is 0. The Morgan fingerprint density at radius 3 is 2.93 bits per heavy atom. The van der Waals surface area contributed by atoms with Crippen molar-refractivity contribution >= 4 is 22.5 Å². The summed E-state index contributed by atoms with van der Waals surface area (Å²) in [5, 5.41) is 13.4. The first-order valence-corrected chi connectivity index (χ1v) is 9.55. The Hall–Kier alpha value is -2.63. The Morgan fingerprint density at radius 1 is 1.19 bits per heavy atom. The third-order valence-electron chi connectivity index (χ3n) is 5.26. The Kier molecular flexibility index (Phi) is 5.23. The van der Waals surface area contributed by atoms with Crippen LogP contribution in [-0.2, 0) is 4.79 Å². The smallest absolute Gasteiger partial charge is 0.228 e. The molecule has 1 saturated heterocycles. The van der Waals surface area contributed by atoms with Crippen molar-refractivity contribution in [3.05, 3.63) is 54.6 Å². The van der Waals surface area contributed by atoms with Crippen LogP contribution >= 0.6 is 0 Å². The monoisotopic (exact) mass is 363 g/mol. The second-order valence-electron chi connectivity index (χ2n) is 7.20. The maximum atomic E-state index is 12.7. The standard InChI is InChI=1S/C22H25N3O2/c26-12-11-25-10-4-7-18(15-25)22(27)23-19-8-3-6-16(13-19)21-14-17-5-1-2-9-20(17)24-21/h1-3,5-6,8-9,13-14,18,24,26H,4,7,10-12,15H2,(H,23,27). The van der Waals surface area contributed by atoms with E-state index in [4.69, 9.17) is 5.11 Å². The molecular formula is C22H25N3O2. The van der Waals surface area contributed by atoms with Gasteiger partial charge in [0.2, 0.25) is 5.91 Å². The predicted octanol–water partition coefficient (Wildman–Crippen LogP) is 3.48. The van der Waals surface area contributed by atoms with Gasteiger partial charge in [-0.05, 0) is 43.7 Å². The van der Waals surface area contributed by atoms with Crippen LogP contribution in [-0.4, -0.2) is 47.1 Å². The lowest BCUT2D eigenvalue weighted by Gasteiger charge is -2.31. The highest BCUT2D eigenvalue weighted by molar-refractivity contribution is 5.94. The number of rotatable bonds is 5. The van der Waals surface area contributed by atoms with E-state index < -0.39 is 0 Å². The maximum absolute atomic E-state index is 12.7. The molecule has 1 atom stereocenters. The number of H-pyrrole nitrogens is 1. The molecule has 1 aromatic heterocycles. The Balaban J connectivity index is 1.48. The van der Waals surface area contributed by atoms with Crippen LogP contribution in [0.3, 0.4) is 0 Å². The molecule has 3 aromatic rings. The molecule has 4 rings (SSSR count). The number of anilines is 1. The number of aliphatic hydroxyl groups is 1. The van der Waals surface area contributed by atoms with Crippen LogP contribution in [0.1, 0.15) is 12.8 Å². The van der Waals surface area contributed by atoms with Crippen LogP contribution in [0.4, 0.5) is 5.69 Å². The number of aromatic amines is 1. The largest absolute Gasteiger partial charge is 0.395 e. The average Bonchev–Trinajstić information content (AvgIpc) is 3.13. The van der Waals surface area contributed by atoms with Gasteiger partial charge in [0.25, 0.3) is 0 Å². The maximum Gasteiger partial charge on any atom is 0.228 e. The molecule has 140 valence electrons. The van der Waals surface area contributed by atoms with Crippen LogP contribution in [0.15, 0.2) is 54.6 Å². The van der Waals surface area contributed by atoms with Crippen molar-refractivity contribution in [3.63, 3.8) is 0 Å². The highest BCUT2D eigenvalue weighted by Crippen LogP contribution is 2.26. The second-order valence-corrected chi connectivity index (χ2v) is 7.20. The van der Waals surface area contributed by atoms with Crippen LogP contribution in [0.2, 0.25) is 0 Å². The van der Waals surface area contributed by atoms with E-state index in [1.165, 1.54) is 5.39 Å². The quantitative estimate of drug-likeness (QED) is 0.650. The molecule has 1 unspecified atom stereocenters. The lowest BCUT2D eigenvalue weighted by molar-refractivity contribution is -0.121. The molecule has 1 aliphatic rings. The number of piperidine rings is 1. The summed E-state index contributed by atoms with van der Waals surface area (Å²) in [5.74, 6) is 0.0356. The number of aliphatic hydroxyl groups excluding tert-OH is 1. The van der Waals surface area contributed by atoms with Gasteiger partial charge in [0.05, 0.1) is 12.5 Å². The summed E-state index contributed by atoms with van der Waals surface area (Å²) in [4.78, 5) is 18.3. The molecular weight excluding hydrogens is 338 g/mol. The molecule has 5 heteroatoms. The number of hydrogen-bond acceptors (Lipinski definition) is 3. The number of carbonyl (C=O) groups excluding carboxylic acids is 1. The van der Waals surface area contributed by atoms with Crippen molar-refractivity contribution in [2.45, 2.75) is 12.8 Å². The van der Waals surface area contributed by atoms with Gasteiger partial charge in [-0.1, -0.05) is 30.3 Å². The fourth-order valence-electron chi connectivity index (χ4n) is 3.85. The molecule has 0 aliphatic carbocycles. The van der Waals surface area contributed by atoms with Crippen molar-refractivity contribution in [2.24, 2.45) is 5.92 Å². The second kappa shape index (κ2) is 7.94. The number of β-amino-alcohol motifs (C(OH)–C–C–N with tert-alkyl or cyclic N) is 1. The Morgan fingerprint density at radius 2 is 2.07 bits per heavy atom. The van der Waals surface area contributed by atoms with Crippen LogP contribution in [0, 0.1) is 5.92 Å². The molecule has 2 heterocycles. The van der Waals surface area contributed by atoms with Gasteiger partial charge in [0.1, 0.15) is 0 Å². The first-order chi connectivity index (χ1) is 13.2. The van der Waals surface area contributed by atoms with Crippen molar-refractivity contribution in [3.8, 4) is 11.3 Å². The van der Waals surface area contributed by atoms with Crippen LogP contribution in [0.5, 0.6) is 0 Å².